The highest BCUT2D eigenvalue weighted by molar-refractivity contribution is 8.00. The molecule has 23 heavy (non-hydrogen) atoms. The molecule has 0 N–H and O–H groups in total. The number of nitro benzene ring substituents is 1. The minimum atomic E-state index is -0.416. The van der Waals surface area contributed by atoms with Gasteiger partial charge in [0.05, 0.1) is 10.7 Å². The molecular weight excluding hydrogens is 336 g/mol. The van der Waals surface area contributed by atoms with Crippen molar-refractivity contribution in [3.63, 3.8) is 0 Å². The first-order valence-corrected chi connectivity index (χ1v) is 8.37. The van der Waals surface area contributed by atoms with Crippen LogP contribution < -0.4 is 4.90 Å². The lowest BCUT2D eigenvalue weighted by Gasteiger charge is -2.17. The molecule has 0 atom stereocenters. The Morgan fingerprint density at radius 3 is 2.70 bits per heavy atom. The number of hydrogen-bond donors (Lipinski definition) is 0. The number of thioether (sulfide) groups is 1. The molecule has 7 heteroatoms. The van der Waals surface area contributed by atoms with Gasteiger partial charge >= 0.3 is 0 Å². The average Bonchev–Trinajstić information content (AvgIpc) is 2.97. The number of fused-ring (bicyclic) bond motifs is 1. The fourth-order valence-corrected chi connectivity index (χ4v) is 3.42. The van der Waals surface area contributed by atoms with Crippen LogP contribution in [0.25, 0.3) is 0 Å². The van der Waals surface area contributed by atoms with Crippen molar-refractivity contribution in [2.75, 3.05) is 17.2 Å². The van der Waals surface area contributed by atoms with Gasteiger partial charge in [-0.05, 0) is 42.3 Å². The summed E-state index contributed by atoms with van der Waals surface area (Å²) in [4.78, 5) is 25.5. The number of nitro groups is 1. The van der Waals surface area contributed by atoms with Crippen LogP contribution in [0.3, 0.4) is 0 Å². The van der Waals surface area contributed by atoms with E-state index in [1.807, 2.05) is 12.1 Å². The molecule has 2 aromatic carbocycles. The molecule has 1 heterocycles. The van der Waals surface area contributed by atoms with Gasteiger partial charge < -0.3 is 4.90 Å². The van der Waals surface area contributed by atoms with Crippen LogP contribution in [0.15, 0.2) is 47.4 Å². The van der Waals surface area contributed by atoms with Gasteiger partial charge in [0.25, 0.3) is 5.69 Å². The first kappa shape index (κ1) is 15.8. The van der Waals surface area contributed by atoms with Crippen molar-refractivity contribution in [3.05, 3.63) is 63.2 Å². The standard InChI is InChI=1S/C16H13ClN2O3S/c17-12-1-4-14(5-2-12)23-10-16(20)18-8-7-11-9-13(19(21)22)3-6-15(11)18/h1-6,9H,7-8,10H2. The van der Waals surface area contributed by atoms with E-state index in [2.05, 4.69) is 0 Å². The molecule has 0 saturated carbocycles. The molecule has 0 aromatic heterocycles. The predicted molar refractivity (Wildman–Crippen MR) is 91.3 cm³/mol. The number of carbonyl (C=O) groups is 1. The quantitative estimate of drug-likeness (QED) is 0.477. The molecule has 0 unspecified atom stereocenters. The van der Waals surface area contributed by atoms with Crippen molar-refractivity contribution in [2.45, 2.75) is 11.3 Å². The Morgan fingerprint density at radius 2 is 2.00 bits per heavy atom. The number of hydrogen-bond acceptors (Lipinski definition) is 4. The summed E-state index contributed by atoms with van der Waals surface area (Å²) in [5.41, 5.74) is 1.69. The Kier molecular flexibility index (Phi) is 4.54. The van der Waals surface area contributed by atoms with Crippen LogP contribution >= 0.6 is 23.4 Å². The normalized spacial score (nSPS) is 13.0. The Hall–Kier alpha value is -2.05. The molecule has 5 nitrogen and oxygen atoms in total. The summed E-state index contributed by atoms with van der Waals surface area (Å²) in [6, 6.07) is 12.0. The molecule has 0 fully saturated rings. The van der Waals surface area contributed by atoms with Crippen molar-refractivity contribution >= 4 is 40.6 Å². The van der Waals surface area contributed by atoms with Gasteiger partial charge in [0.15, 0.2) is 0 Å². The molecule has 0 spiro atoms. The minimum absolute atomic E-state index is 0.00227. The number of carbonyl (C=O) groups excluding carboxylic acids is 1. The highest BCUT2D eigenvalue weighted by Gasteiger charge is 2.26. The number of benzene rings is 2. The van der Waals surface area contributed by atoms with Crippen molar-refractivity contribution < 1.29 is 9.72 Å². The van der Waals surface area contributed by atoms with Crippen molar-refractivity contribution in [3.8, 4) is 0 Å². The molecule has 0 radical (unpaired) electrons. The zero-order chi connectivity index (χ0) is 16.4. The van der Waals surface area contributed by atoms with E-state index in [-0.39, 0.29) is 11.6 Å². The van der Waals surface area contributed by atoms with Gasteiger partial charge in [0, 0.05) is 34.3 Å². The molecule has 3 rings (SSSR count). The fourth-order valence-electron chi connectivity index (χ4n) is 2.51. The van der Waals surface area contributed by atoms with Crippen LogP contribution in [0.1, 0.15) is 5.56 Å². The second-order valence-corrected chi connectivity index (χ2v) is 6.59. The molecule has 1 aliphatic heterocycles. The van der Waals surface area contributed by atoms with E-state index >= 15 is 0 Å². The van der Waals surface area contributed by atoms with Crippen LogP contribution in [0.2, 0.25) is 5.02 Å². The van der Waals surface area contributed by atoms with Gasteiger partial charge in [-0.2, -0.15) is 0 Å². The number of nitrogens with zero attached hydrogens (tertiary/aromatic N) is 2. The summed E-state index contributed by atoms with van der Waals surface area (Å²) in [5, 5.41) is 11.5. The molecule has 0 aliphatic carbocycles. The minimum Gasteiger partial charge on any atom is -0.311 e. The summed E-state index contributed by atoms with van der Waals surface area (Å²) >= 11 is 7.29. The number of amides is 1. The number of rotatable bonds is 4. The summed E-state index contributed by atoms with van der Waals surface area (Å²) in [7, 11) is 0. The van der Waals surface area contributed by atoms with Crippen molar-refractivity contribution in [1.29, 1.82) is 0 Å². The van der Waals surface area contributed by atoms with Crippen LogP contribution in [-0.4, -0.2) is 23.1 Å². The topological polar surface area (TPSA) is 63.5 Å². The van der Waals surface area contributed by atoms with Crippen molar-refractivity contribution in [2.24, 2.45) is 0 Å². The van der Waals surface area contributed by atoms with E-state index in [9.17, 15) is 14.9 Å². The Labute approximate surface area is 142 Å². The van der Waals surface area contributed by atoms with E-state index < -0.39 is 4.92 Å². The number of non-ortho nitro benzene ring substituents is 1. The Balaban J connectivity index is 1.68. The summed E-state index contributed by atoms with van der Waals surface area (Å²) in [6.07, 6.45) is 0.647. The number of anilines is 1. The monoisotopic (exact) mass is 348 g/mol. The number of halogens is 1. The predicted octanol–water partition coefficient (Wildman–Crippen LogP) is 3.93. The third-order valence-electron chi connectivity index (χ3n) is 3.65. The molecule has 0 saturated heterocycles. The zero-order valence-electron chi connectivity index (χ0n) is 12.1. The lowest BCUT2D eigenvalue weighted by Crippen LogP contribution is -2.30. The smallest absolute Gasteiger partial charge is 0.269 e. The van der Waals surface area contributed by atoms with Crippen LogP contribution in [-0.2, 0) is 11.2 Å². The third kappa shape index (κ3) is 3.48. The Bertz CT molecular complexity index is 764. The van der Waals surface area contributed by atoms with E-state index in [1.54, 1.807) is 29.2 Å². The summed E-state index contributed by atoms with van der Waals surface area (Å²) in [6.45, 7) is 0.566. The second-order valence-electron chi connectivity index (χ2n) is 5.11. The molecule has 2 aromatic rings. The van der Waals surface area contributed by atoms with E-state index in [0.29, 0.717) is 23.7 Å². The largest absolute Gasteiger partial charge is 0.311 e. The lowest BCUT2D eigenvalue weighted by molar-refractivity contribution is -0.384. The summed E-state index contributed by atoms with van der Waals surface area (Å²) in [5.74, 6) is 0.315. The second kappa shape index (κ2) is 6.60. The lowest BCUT2D eigenvalue weighted by atomic mass is 10.1. The highest BCUT2D eigenvalue weighted by atomic mass is 35.5. The van der Waals surface area contributed by atoms with Gasteiger partial charge in [0.2, 0.25) is 5.91 Å². The highest BCUT2D eigenvalue weighted by Crippen LogP contribution is 2.32. The van der Waals surface area contributed by atoms with Crippen molar-refractivity contribution in [1.82, 2.24) is 0 Å². The molecule has 1 aliphatic rings. The molecule has 118 valence electrons. The molecular formula is C16H13ClN2O3S. The van der Waals surface area contributed by atoms with Gasteiger partial charge in [-0.15, -0.1) is 11.8 Å². The maximum atomic E-state index is 12.4. The van der Waals surface area contributed by atoms with Crippen LogP contribution in [0.5, 0.6) is 0 Å². The molecule has 0 bridgehead atoms. The van der Waals surface area contributed by atoms with Gasteiger partial charge in [-0.25, -0.2) is 0 Å². The Morgan fingerprint density at radius 1 is 1.26 bits per heavy atom. The van der Waals surface area contributed by atoms with E-state index in [4.69, 9.17) is 11.6 Å². The maximum Gasteiger partial charge on any atom is 0.269 e. The van der Waals surface area contributed by atoms with E-state index in [1.165, 1.54) is 17.8 Å². The average molecular weight is 349 g/mol. The van der Waals surface area contributed by atoms with Crippen LogP contribution in [0.4, 0.5) is 11.4 Å². The third-order valence-corrected chi connectivity index (χ3v) is 4.90. The first-order chi connectivity index (χ1) is 11.0. The first-order valence-electron chi connectivity index (χ1n) is 7.00. The SMILES string of the molecule is O=C(CSc1ccc(Cl)cc1)N1CCc2cc([N+](=O)[O-])ccc21. The molecule has 1 amide bonds. The maximum absolute atomic E-state index is 12.4. The van der Waals surface area contributed by atoms with Gasteiger partial charge in [-0.3, -0.25) is 14.9 Å². The van der Waals surface area contributed by atoms with Crippen LogP contribution in [0, 0.1) is 10.1 Å². The summed E-state index contributed by atoms with van der Waals surface area (Å²) < 4.78 is 0. The van der Waals surface area contributed by atoms with Gasteiger partial charge in [0.1, 0.15) is 0 Å². The van der Waals surface area contributed by atoms with Gasteiger partial charge in [-0.1, -0.05) is 11.6 Å². The fraction of sp³-hybridized carbons (Fsp3) is 0.188. The van der Waals surface area contributed by atoms with E-state index in [0.717, 1.165) is 16.1 Å². The zero-order valence-corrected chi connectivity index (χ0v) is 13.6.